The van der Waals surface area contributed by atoms with Crippen LogP contribution >= 0.6 is 0 Å². The minimum absolute atomic E-state index is 0.111. The molecule has 0 aromatic heterocycles. The number of rotatable bonds is 7. The van der Waals surface area contributed by atoms with Gasteiger partial charge in [0.05, 0.1) is 6.10 Å². The van der Waals surface area contributed by atoms with Crippen LogP contribution in [0.1, 0.15) is 18.9 Å². The first kappa shape index (κ1) is 16.9. The first-order valence-electron chi connectivity index (χ1n) is 7.74. The van der Waals surface area contributed by atoms with Crippen LogP contribution in [0.4, 0.5) is 0 Å². The third-order valence-corrected chi connectivity index (χ3v) is 4.07. The summed E-state index contributed by atoms with van der Waals surface area (Å²) in [6.07, 6.45) is 0.274. The topological polar surface area (TPSA) is 56.8 Å². The van der Waals surface area contributed by atoms with Crippen LogP contribution < -0.4 is 5.32 Å². The van der Waals surface area contributed by atoms with Crippen molar-refractivity contribution in [2.45, 2.75) is 44.2 Å². The van der Waals surface area contributed by atoms with E-state index >= 15 is 0 Å². The van der Waals surface area contributed by atoms with Gasteiger partial charge in [0.1, 0.15) is 12.2 Å². The molecular weight excluding hydrogens is 282 g/mol. The van der Waals surface area contributed by atoms with Crippen molar-refractivity contribution < 1.29 is 19.0 Å². The van der Waals surface area contributed by atoms with Crippen molar-refractivity contribution in [3.63, 3.8) is 0 Å². The molecule has 4 atom stereocenters. The molecule has 1 aromatic carbocycles. The second kappa shape index (κ2) is 8.27. The lowest BCUT2D eigenvalue weighted by Gasteiger charge is -2.20. The summed E-state index contributed by atoms with van der Waals surface area (Å²) >= 11 is 0. The smallest absolute Gasteiger partial charge is 0.251 e. The van der Waals surface area contributed by atoms with Crippen molar-refractivity contribution in [2.24, 2.45) is 0 Å². The normalized spacial score (nSPS) is 27.8. The number of carbonyl (C=O) groups is 1. The van der Waals surface area contributed by atoms with E-state index in [2.05, 4.69) is 5.32 Å². The zero-order chi connectivity index (χ0) is 15.9. The monoisotopic (exact) mass is 307 g/mol. The Morgan fingerprint density at radius 2 is 1.86 bits per heavy atom. The molecule has 1 aliphatic rings. The van der Waals surface area contributed by atoms with Gasteiger partial charge in [0.2, 0.25) is 0 Å². The van der Waals surface area contributed by atoms with Crippen LogP contribution in [0.2, 0.25) is 0 Å². The highest BCUT2D eigenvalue weighted by Gasteiger charge is 2.47. The Hall–Kier alpha value is -1.43. The van der Waals surface area contributed by atoms with Gasteiger partial charge in [-0.05, 0) is 18.4 Å². The van der Waals surface area contributed by atoms with Crippen LogP contribution in [-0.2, 0) is 25.4 Å². The standard InChI is InChI=1S/C17H25NO4/c1-4-13-14(20-2)15(21-3)16(22-13)17(19)18-11-10-12-8-6-5-7-9-12/h5-9,13-16H,4,10-11H2,1-3H3,(H,18,19)/t13-,14-,15+,16?/m1/s1. The zero-order valence-corrected chi connectivity index (χ0v) is 13.5. The van der Waals surface area contributed by atoms with E-state index in [4.69, 9.17) is 14.2 Å². The minimum atomic E-state index is -0.615. The molecule has 1 unspecified atom stereocenters. The van der Waals surface area contributed by atoms with E-state index in [0.29, 0.717) is 6.54 Å². The molecule has 0 saturated carbocycles. The van der Waals surface area contributed by atoms with Gasteiger partial charge in [0.25, 0.3) is 5.91 Å². The van der Waals surface area contributed by atoms with E-state index in [9.17, 15) is 4.79 Å². The highest BCUT2D eigenvalue weighted by Crippen LogP contribution is 2.27. The second-order valence-electron chi connectivity index (χ2n) is 5.43. The molecule has 1 fully saturated rings. The van der Waals surface area contributed by atoms with Crippen molar-refractivity contribution in [2.75, 3.05) is 20.8 Å². The molecule has 1 amide bonds. The van der Waals surface area contributed by atoms with Gasteiger partial charge >= 0.3 is 0 Å². The lowest BCUT2D eigenvalue weighted by atomic mass is 10.1. The van der Waals surface area contributed by atoms with E-state index in [1.807, 2.05) is 37.3 Å². The highest BCUT2D eigenvalue weighted by molar-refractivity contribution is 5.82. The molecule has 5 heteroatoms. The molecule has 0 spiro atoms. The van der Waals surface area contributed by atoms with Gasteiger partial charge in [-0.1, -0.05) is 37.3 Å². The highest BCUT2D eigenvalue weighted by atomic mass is 16.6. The molecule has 22 heavy (non-hydrogen) atoms. The Balaban J connectivity index is 1.88. The number of amides is 1. The maximum absolute atomic E-state index is 12.4. The van der Waals surface area contributed by atoms with Gasteiger partial charge in [-0.15, -0.1) is 0 Å². The molecule has 1 aromatic rings. The molecular formula is C17H25NO4. The van der Waals surface area contributed by atoms with Crippen molar-refractivity contribution in [3.05, 3.63) is 35.9 Å². The third kappa shape index (κ3) is 3.85. The average Bonchev–Trinajstić information content (AvgIpc) is 2.93. The molecule has 1 heterocycles. The Kier molecular flexibility index (Phi) is 6.36. The molecule has 1 aliphatic heterocycles. The summed E-state index contributed by atoms with van der Waals surface area (Å²) in [7, 11) is 3.21. The van der Waals surface area contributed by atoms with E-state index in [-0.39, 0.29) is 24.2 Å². The van der Waals surface area contributed by atoms with Crippen molar-refractivity contribution in [3.8, 4) is 0 Å². The Morgan fingerprint density at radius 3 is 2.45 bits per heavy atom. The first-order valence-corrected chi connectivity index (χ1v) is 7.74. The Labute approximate surface area is 131 Å². The van der Waals surface area contributed by atoms with Crippen LogP contribution in [0, 0.1) is 0 Å². The number of carbonyl (C=O) groups excluding carboxylic acids is 1. The van der Waals surface area contributed by atoms with Crippen LogP contribution in [0.5, 0.6) is 0 Å². The summed E-state index contributed by atoms with van der Waals surface area (Å²) in [4.78, 5) is 12.4. The van der Waals surface area contributed by atoms with Gasteiger partial charge in [-0.3, -0.25) is 4.79 Å². The predicted octanol–water partition coefficient (Wildman–Crippen LogP) is 1.55. The van der Waals surface area contributed by atoms with Gasteiger partial charge < -0.3 is 19.5 Å². The Bertz CT molecular complexity index is 465. The van der Waals surface area contributed by atoms with Crippen molar-refractivity contribution in [1.82, 2.24) is 5.32 Å². The maximum Gasteiger partial charge on any atom is 0.251 e. The van der Waals surface area contributed by atoms with Gasteiger partial charge in [0, 0.05) is 20.8 Å². The molecule has 122 valence electrons. The lowest BCUT2D eigenvalue weighted by molar-refractivity contribution is -0.136. The molecule has 1 saturated heterocycles. The number of benzene rings is 1. The fourth-order valence-corrected chi connectivity index (χ4v) is 2.89. The van der Waals surface area contributed by atoms with E-state index in [0.717, 1.165) is 12.8 Å². The predicted molar refractivity (Wildman–Crippen MR) is 83.7 cm³/mol. The summed E-state index contributed by atoms with van der Waals surface area (Å²) in [5.41, 5.74) is 1.19. The fourth-order valence-electron chi connectivity index (χ4n) is 2.89. The minimum Gasteiger partial charge on any atom is -0.376 e. The molecule has 0 bridgehead atoms. The number of ether oxygens (including phenoxy) is 3. The Morgan fingerprint density at radius 1 is 1.18 bits per heavy atom. The summed E-state index contributed by atoms with van der Waals surface area (Å²) < 4.78 is 16.7. The van der Waals surface area contributed by atoms with Crippen LogP contribution in [0.15, 0.2) is 30.3 Å². The molecule has 5 nitrogen and oxygen atoms in total. The van der Waals surface area contributed by atoms with Crippen LogP contribution in [0.3, 0.4) is 0 Å². The summed E-state index contributed by atoms with van der Waals surface area (Å²) in [5, 5.41) is 2.93. The van der Waals surface area contributed by atoms with E-state index in [1.165, 1.54) is 5.56 Å². The number of hydrogen-bond acceptors (Lipinski definition) is 4. The summed E-state index contributed by atoms with van der Waals surface area (Å²) in [6, 6.07) is 10.1. The summed E-state index contributed by atoms with van der Waals surface area (Å²) in [5.74, 6) is -0.138. The number of nitrogens with one attached hydrogen (secondary N) is 1. The molecule has 0 radical (unpaired) electrons. The quantitative estimate of drug-likeness (QED) is 0.830. The van der Waals surface area contributed by atoms with Crippen LogP contribution in [0.25, 0.3) is 0 Å². The maximum atomic E-state index is 12.4. The molecule has 0 aliphatic carbocycles. The fraction of sp³-hybridized carbons (Fsp3) is 0.588. The largest absolute Gasteiger partial charge is 0.376 e. The van der Waals surface area contributed by atoms with Crippen LogP contribution in [-0.4, -0.2) is 51.1 Å². The number of hydrogen-bond donors (Lipinski definition) is 1. The van der Waals surface area contributed by atoms with Crippen molar-refractivity contribution in [1.29, 1.82) is 0 Å². The second-order valence-corrected chi connectivity index (χ2v) is 5.43. The van der Waals surface area contributed by atoms with Crippen molar-refractivity contribution >= 4 is 5.91 Å². The average molecular weight is 307 g/mol. The van der Waals surface area contributed by atoms with Gasteiger partial charge in [0.15, 0.2) is 6.10 Å². The van der Waals surface area contributed by atoms with Gasteiger partial charge in [-0.2, -0.15) is 0 Å². The molecule has 2 rings (SSSR count). The van der Waals surface area contributed by atoms with E-state index < -0.39 is 6.10 Å². The first-order chi connectivity index (χ1) is 10.7. The lowest BCUT2D eigenvalue weighted by Crippen LogP contribution is -2.44. The van der Waals surface area contributed by atoms with E-state index in [1.54, 1.807) is 14.2 Å². The third-order valence-electron chi connectivity index (χ3n) is 4.07. The molecule has 1 N–H and O–H groups in total. The number of methoxy groups -OCH3 is 2. The zero-order valence-electron chi connectivity index (χ0n) is 13.5. The van der Waals surface area contributed by atoms with Gasteiger partial charge in [-0.25, -0.2) is 0 Å². The SMILES string of the molecule is CC[C@H]1OC(C(=O)NCCc2ccccc2)[C@@H](OC)[C@@H]1OC. The summed E-state index contributed by atoms with van der Waals surface area (Å²) in [6.45, 7) is 2.59.